The molecule has 0 amide bonds. The first-order valence-corrected chi connectivity index (χ1v) is 5.23. The van der Waals surface area contributed by atoms with E-state index < -0.39 is 0 Å². The average Bonchev–Trinajstić information content (AvgIpc) is 2.65. The second-order valence-corrected chi connectivity index (χ2v) is 4.83. The molecule has 1 N–H and O–H groups in total. The topological polar surface area (TPSA) is 12.0 Å². The van der Waals surface area contributed by atoms with Crippen LogP contribution in [-0.2, 0) is 0 Å². The van der Waals surface area contributed by atoms with Crippen molar-refractivity contribution >= 4 is 40.1 Å². The molecular formula is C5H9NS3. The lowest BCUT2D eigenvalue weighted by atomic mass is 10.6. The first-order valence-electron chi connectivity index (χ1n) is 2.79. The van der Waals surface area contributed by atoms with Crippen LogP contribution in [0.2, 0.25) is 0 Å². The number of hydrogen-bond donors (Lipinski definition) is 1. The van der Waals surface area contributed by atoms with Gasteiger partial charge in [0.25, 0.3) is 0 Å². The van der Waals surface area contributed by atoms with Gasteiger partial charge in [-0.3, -0.25) is 0 Å². The summed E-state index contributed by atoms with van der Waals surface area (Å²) in [6.07, 6.45) is 0. The SMILES string of the molecule is CNC(=S)SCC1CS1. The second-order valence-electron chi connectivity index (χ2n) is 1.80. The normalized spacial score (nSPS) is 23.4. The highest BCUT2D eigenvalue weighted by Gasteiger charge is 2.22. The van der Waals surface area contributed by atoms with Gasteiger partial charge in [-0.15, -0.1) is 0 Å². The first kappa shape index (κ1) is 7.69. The van der Waals surface area contributed by atoms with Crippen molar-refractivity contribution in [1.29, 1.82) is 0 Å². The minimum absolute atomic E-state index is 0.890. The quantitative estimate of drug-likeness (QED) is 0.507. The number of rotatable bonds is 2. The third-order valence-corrected chi connectivity index (χ3v) is 3.78. The Morgan fingerprint density at radius 3 is 3.11 bits per heavy atom. The molecule has 0 aromatic rings. The predicted octanol–water partition coefficient (Wildman–Crippen LogP) is 1.34. The predicted molar refractivity (Wildman–Crippen MR) is 50.4 cm³/mol. The molecule has 1 unspecified atom stereocenters. The Balaban J connectivity index is 1.96. The van der Waals surface area contributed by atoms with E-state index in [0.29, 0.717) is 0 Å². The third-order valence-electron chi connectivity index (χ3n) is 1.01. The molecule has 0 spiro atoms. The van der Waals surface area contributed by atoms with E-state index >= 15 is 0 Å². The van der Waals surface area contributed by atoms with E-state index in [2.05, 4.69) is 5.32 Å². The number of thiocarbonyl (C=S) groups is 1. The summed E-state index contributed by atoms with van der Waals surface area (Å²) in [5.74, 6) is 2.52. The Morgan fingerprint density at radius 2 is 2.67 bits per heavy atom. The molecule has 0 bridgehead atoms. The van der Waals surface area contributed by atoms with E-state index in [1.165, 1.54) is 11.5 Å². The summed E-state index contributed by atoms with van der Waals surface area (Å²) in [6, 6.07) is 0. The van der Waals surface area contributed by atoms with Crippen LogP contribution in [0.15, 0.2) is 0 Å². The Kier molecular flexibility index (Phi) is 3.15. The number of thioether (sulfide) groups is 2. The zero-order valence-corrected chi connectivity index (χ0v) is 7.67. The summed E-state index contributed by atoms with van der Waals surface area (Å²) < 4.78 is 0.919. The fourth-order valence-electron chi connectivity index (χ4n) is 0.405. The summed E-state index contributed by atoms with van der Waals surface area (Å²) in [4.78, 5) is 0. The molecule has 1 atom stereocenters. The van der Waals surface area contributed by atoms with Crippen molar-refractivity contribution in [2.24, 2.45) is 0 Å². The largest absolute Gasteiger partial charge is 0.374 e. The molecule has 1 fully saturated rings. The van der Waals surface area contributed by atoms with Crippen LogP contribution in [0.4, 0.5) is 0 Å². The van der Waals surface area contributed by atoms with E-state index in [-0.39, 0.29) is 0 Å². The summed E-state index contributed by atoms with van der Waals surface area (Å²) in [5.41, 5.74) is 0. The van der Waals surface area contributed by atoms with Crippen molar-refractivity contribution in [2.75, 3.05) is 18.6 Å². The molecule has 52 valence electrons. The van der Waals surface area contributed by atoms with Crippen LogP contribution < -0.4 is 5.32 Å². The molecule has 1 nitrogen and oxygen atoms in total. The van der Waals surface area contributed by atoms with E-state index in [0.717, 1.165) is 9.57 Å². The van der Waals surface area contributed by atoms with Crippen molar-refractivity contribution in [3.8, 4) is 0 Å². The first-order chi connectivity index (χ1) is 4.33. The van der Waals surface area contributed by atoms with Crippen molar-refractivity contribution in [3.05, 3.63) is 0 Å². The molecule has 1 saturated heterocycles. The minimum Gasteiger partial charge on any atom is -0.374 e. The molecule has 0 aromatic carbocycles. The molecule has 0 aromatic heterocycles. The van der Waals surface area contributed by atoms with Gasteiger partial charge < -0.3 is 5.32 Å². The smallest absolute Gasteiger partial charge is 0.133 e. The lowest BCUT2D eigenvalue weighted by Gasteiger charge is -1.98. The maximum absolute atomic E-state index is 4.94. The lowest BCUT2D eigenvalue weighted by molar-refractivity contribution is 1.22. The highest BCUT2D eigenvalue weighted by molar-refractivity contribution is 8.23. The summed E-state index contributed by atoms with van der Waals surface area (Å²) in [6.45, 7) is 0. The Labute approximate surface area is 69.3 Å². The zero-order chi connectivity index (χ0) is 6.69. The van der Waals surface area contributed by atoms with E-state index in [9.17, 15) is 0 Å². The van der Waals surface area contributed by atoms with E-state index in [4.69, 9.17) is 12.2 Å². The Bertz CT molecular complexity index is 111. The standard InChI is InChI=1S/C5H9NS3/c1-6-5(7)9-3-4-2-8-4/h4H,2-3H2,1H3,(H,6,7). The van der Waals surface area contributed by atoms with Gasteiger partial charge in [-0.2, -0.15) is 11.8 Å². The number of nitrogens with one attached hydrogen (secondary N) is 1. The van der Waals surface area contributed by atoms with Gasteiger partial charge in [-0.25, -0.2) is 0 Å². The van der Waals surface area contributed by atoms with Crippen LogP contribution in [0.1, 0.15) is 0 Å². The molecule has 9 heavy (non-hydrogen) atoms. The third kappa shape index (κ3) is 3.33. The lowest BCUT2D eigenvalue weighted by Crippen LogP contribution is -2.12. The van der Waals surface area contributed by atoms with Crippen LogP contribution >= 0.6 is 35.7 Å². The monoisotopic (exact) mass is 179 g/mol. The Morgan fingerprint density at radius 1 is 2.00 bits per heavy atom. The van der Waals surface area contributed by atoms with Crippen LogP contribution in [0.3, 0.4) is 0 Å². The zero-order valence-electron chi connectivity index (χ0n) is 5.22. The van der Waals surface area contributed by atoms with Crippen molar-refractivity contribution in [3.63, 3.8) is 0 Å². The van der Waals surface area contributed by atoms with Crippen molar-refractivity contribution in [2.45, 2.75) is 5.25 Å². The summed E-state index contributed by atoms with van der Waals surface area (Å²) in [5, 5.41) is 3.82. The molecule has 1 aliphatic heterocycles. The van der Waals surface area contributed by atoms with Gasteiger partial charge in [-0.05, 0) is 0 Å². The summed E-state index contributed by atoms with van der Waals surface area (Å²) in [7, 11) is 1.87. The van der Waals surface area contributed by atoms with Crippen LogP contribution in [-0.4, -0.2) is 28.1 Å². The van der Waals surface area contributed by atoms with Crippen molar-refractivity contribution < 1.29 is 0 Å². The fourth-order valence-corrected chi connectivity index (χ4v) is 2.20. The van der Waals surface area contributed by atoms with Gasteiger partial charge >= 0.3 is 0 Å². The second kappa shape index (κ2) is 3.68. The molecule has 0 saturated carbocycles. The minimum atomic E-state index is 0.890. The molecule has 4 heteroatoms. The molecular weight excluding hydrogens is 170 g/mol. The highest BCUT2D eigenvalue weighted by atomic mass is 32.2. The number of hydrogen-bond acceptors (Lipinski definition) is 3. The maximum atomic E-state index is 4.94. The van der Waals surface area contributed by atoms with Gasteiger partial charge in [0.1, 0.15) is 4.32 Å². The summed E-state index contributed by atoms with van der Waals surface area (Å²) >= 11 is 8.70. The van der Waals surface area contributed by atoms with Crippen LogP contribution in [0.5, 0.6) is 0 Å². The fraction of sp³-hybridized carbons (Fsp3) is 0.800. The van der Waals surface area contributed by atoms with Gasteiger partial charge in [0.2, 0.25) is 0 Å². The molecule has 1 rings (SSSR count). The highest BCUT2D eigenvalue weighted by Crippen LogP contribution is 2.32. The molecule has 1 heterocycles. The van der Waals surface area contributed by atoms with Gasteiger partial charge in [0, 0.05) is 23.8 Å². The van der Waals surface area contributed by atoms with Gasteiger partial charge in [0.15, 0.2) is 0 Å². The molecule has 1 aliphatic rings. The molecule has 0 aliphatic carbocycles. The van der Waals surface area contributed by atoms with Crippen LogP contribution in [0.25, 0.3) is 0 Å². The van der Waals surface area contributed by atoms with E-state index in [1.807, 2.05) is 18.8 Å². The van der Waals surface area contributed by atoms with Gasteiger partial charge in [-0.1, -0.05) is 24.0 Å². The maximum Gasteiger partial charge on any atom is 0.133 e. The van der Waals surface area contributed by atoms with Crippen LogP contribution in [0, 0.1) is 0 Å². The molecule has 0 radical (unpaired) electrons. The average molecular weight is 179 g/mol. The van der Waals surface area contributed by atoms with Crippen molar-refractivity contribution in [1.82, 2.24) is 5.32 Å². The van der Waals surface area contributed by atoms with Gasteiger partial charge in [0.05, 0.1) is 0 Å². The van der Waals surface area contributed by atoms with E-state index in [1.54, 1.807) is 11.8 Å². The Hall–Kier alpha value is 0.590.